The maximum Gasteiger partial charge on any atom is 0.231 e. The summed E-state index contributed by atoms with van der Waals surface area (Å²) in [5.41, 5.74) is 1.81. The highest BCUT2D eigenvalue weighted by Gasteiger charge is 2.34. The average molecular weight is 383 g/mol. The van der Waals surface area contributed by atoms with Gasteiger partial charge in [0.25, 0.3) is 0 Å². The molecule has 0 aliphatic carbocycles. The number of thiazole rings is 1. The van der Waals surface area contributed by atoms with Crippen molar-refractivity contribution >= 4 is 38.5 Å². The van der Waals surface area contributed by atoms with E-state index in [0.29, 0.717) is 24.6 Å². The van der Waals surface area contributed by atoms with Gasteiger partial charge in [-0.3, -0.25) is 9.59 Å². The smallest absolute Gasteiger partial charge is 0.231 e. The third-order valence-corrected chi connectivity index (χ3v) is 5.64. The van der Waals surface area contributed by atoms with E-state index in [1.807, 2.05) is 24.3 Å². The molecule has 0 bridgehead atoms. The molecule has 0 unspecified atom stereocenters. The van der Waals surface area contributed by atoms with Gasteiger partial charge in [-0.15, -0.1) is 0 Å². The molecule has 1 fully saturated rings. The molecule has 2 aromatic carbocycles. The zero-order chi connectivity index (χ0) is 18.8. The highest BCUT2D eigenvalue weighted by atomic mass is 32.1. The standard InChI is InChI=1S/C20H18FN3O2S/c21-15-7-5-13(6-8-15)9-10-24-12-14(11-18(24)25)19(26)23-20-22-16-3-1-2-4-17(16)27-20/h1-8,14H,9-12H2,(H,22,23,26)/t14-/m1/s1. The molecule has 2 heterocycles. The number of carbonyl (C=O) groups is 2. The van der Waals surface area contributed by atoms with Crippen molar-refractivity contribution in [1.29, 1.82) is 0 Å². The maximum absolute atomic E-state index is 13.0. The minimum Gasteiger partial charge on any atom is -0.342 e. The van der Waals surface area contributed by atoms with Crippen molar-refractivity contribution in [2.45, 2.75) is 12.8 Å². The van der Waals surface area contributed by atoms with Crippen molar-refractivity contribution in [2.24, 2.45) is 5.92 Å². The lowest BCUT2D eigenvalue weighted by molar-refractivity contribution is -0.128. The van der Waals surface area contributed by atoms with Gasteiger partial charge in [-0.1, -0.05) is 35.6 Å². The molecule has 0 radical (unpaired) electrons. The zero-order valence-corrected chi connectivity index (χ0v) is 15.3. The van der Waals surface area contributed by atoms with Crippen LogP contribution in [0.4, 0.5) is 9.52 Å². The quantitative estimate of drug-likeness (QED) is 0.734. The van der Waals surface area contributed by atoms with Crippen molar-refractivity contribution in [1.82, 2.24) is 9.88 Å². The molecule has 3 aromatic rings. The van der Waals surface area contributed by atoms with Gasteiger partial charge in [0.2, 0.25) is 11.8 Å². The first-order valence-corrected chi connectivity index (χ1v) is 9.59. The number of amides is 2. The molecule has 1 aliphatic heterocycles. The second-order valence-electron chi connectivity index (χ2n) is 6.59. The number of halogens is 1. The number of anilines is 1. The molecule has 1 N–H and O–H groups in total. The molecular weight excluding hydrogens is 365 g/mol. The molecule has 5 nitrogen and oxygen atoms in total. The van der Waals surface area contributed by atoms with Gasteiger partial charge in [0.1, 0.15) is 5.82 Å². The summed E-state index contributed by atoms with van der Waals surface area (Å²) >= 11 is 1.42. The Morgan fingerprint density at radius 3 is 2.78 bits per heavy atom. The summed E-state index contributed by atoms with van der Waals surface area (Å²) in [5.74, 6) is -0.853. The summed E-state index contributed by atoms with van der Waals surface area (Å²) in [4.78, 5) is 30.9. The van der Waals surface area contributed by atoms with Crippen molar-refractivity contribution in [3.63, 3.8) is 0 Å². The van der Waals surface area contributed by atoms with Crippen LogP contribution in [-0.2, 0) is 16.0 Å². The van der Waals surface area contributed by atoms with E-state index in [-0.39, 0.29) is 30.0 Å². The van der Waals surface area contributed by atoms with Crippen LogP contribution in [0.3, 0.4) is 0 Å². The average Bonchev–Trinajstić information content (AvgIpc) is 3.24. The normalized spacial score (nSPS) is 16.9. The van der Waals surface area contributed by atoms with E-state index in [1.165, 1.54) is 23.5 Å². The number of hydrogen-bond acceptors (Lipinski definition) is 4. The van der Waals surface area contributed by atoms with E-state index in [1.54, 1.807) is 17.0 Å². The van der Waals surface area contributed by atoms with E-state index in [2.05, 4.69) is 10.3 Å². The molecule has 1 aliphatic rings. The fourth-order valence-corrected chi connectivity index (χ4v) is 4.08. The van der Waals surface area contributed by atoms with E-state index in [4.69, 9.17) is 0 Å². The molecule has 7 heteroatoms. The van der Waals surface area contributed by atoms with Crippen molar-refractivity contribution in [3.8, 4) is 0 Å². The third-order valence-electron chi connectivity index (χ3n) is 4.69. The summed E-state index contributed by atoms with van der Waals surface area (Å²) in [7, 11) is 0. The molecule has 27 heavy (non-hydrogen) atoms. The first-order chi connectivity index (χ1) is 13.1. The van der Waals surface area contributed by atoms with Crippen LogP contribution in [0.1, 0.15) is 12.0 Å². The number of likely N-dealkylation sites (tertiary alicyclic amines) is 1. The number of rotatable bonds is 5. The summed E-state index contributed by atoms with van der Waals surface area (Å²) in [6, 6.07) is 13.9. The maximum atomic E-state index is 13.0. The number of para-hydroxylation sites is 1. The number of aromatic nitrogens is 1. The fraction of sp³-hybridized carbons (Fsp3) is 0.250. The summed E-state index contributed by atoms with van der Waals surface area (Å²) in [5, 5.41) is 3.40. The van der Waals surface area contributed by atoms with Crippen molar-refractivity contribution in [3.05, 3.63) is 59.9 Å². The van der Waals surface area contributed by atoms with Gasteiger partial charge in [-0.2, -0.15) is 0 Å². The van der Waals surface area contributed by atoms with Crippen LogP contribution in [0, 0.1) is 11.7 Å². The van der Waals surface area contributed by atoms with Gasteiger partial charge in [-0.25, -0.2) is 9.37 Å². The van der Waals surface area contributed by atoms with Gasteiger partial charge >= 0.3 is 0 Å². The Hall–Kier alpha value is -2.80. The first kappa shape index (κ1) is 17.6. The topological polar surface area (TPSA) is 62.3 Å². The van der Waals surface area contributed by atoms with Gasteiger partial charge < -0.3 is 10.2 Å². The van der Waals surface area contributed by atoms with Crippen LogP contribution in [0.25, 0.3) is 10.2 Å². The molecule has 2 amide bonds. The van der Waals surface area contributed by atoms with Gasteiger partial charge in [0, 0.05) is 19.5 Å². The van der Waals surface area contributed by atoms with Crippen LogP contribution >= 0.6 is 11.3 Å². The summed E-state index contributed by atoms with van der Waals surface area (Å²) < 4.78 is 14.0. The van der Waals surface area contributed by atoms with Gasteiger partial charge in [-0.05, 0) is 36.2 Å². The Bertz CT molecular complexity index is 953. The third kappa shape index (κ3) is 3.98. The van der Waals surface area contributed by atoms with E-state index >= 15 is 0 Å². The molecular formula is C20H18FN3O2S. The second-order valence-corrected chi connectivity index (χ2v) is 7.62. The molecule has 0 saturated carbocycles. The van der Waals surface area contributed by atoms with E-state index in [9.17, 15) is 14.0 Å². The minimum atomic E-state index is -0.377. The Morgan fingerprint density at radius 1 is 1.22 bits per heavy atom. The lowest BCUT2D eigenvalue weighted by Crippen LogP contribution is -2.30. The Morgan fingerprint density at radius 2 is 2.00 bits per heavy atom. The number of nitrogens with zero attached hydrogens (tertiary/aromatic N) is 2. The van der Waals surface area contributed by atoms with Crippen molar-refractivity contribution < 1.29 is 14.0 Å². The van der Waals surface area contributed by atoms with Gasteiger partial charge in [0.15, 0.2) is 5.13 Å². The summed E-state index contributed by atoms with van der Waals surface area (Å²) in [6.07, 6.45) is 0.846. The molecule has 138 valence electrons. The predicted molar refractivity (Wildman–Crippen MR) is 103 cm³/mol. The second kappa shape index (κ2) is 7.44. The molecule has 4 rings (SSSR count). The Labute approximate surface area is 159 Å². The Balaban J connectivity index is 1.34. The summed E-state index contributed by atoms with van der Waals surface area (Å²) in [6.45, 7) is 0.923. The fourth-order valence-electron chi connectivity index (χ4n) is 3.21. The number of hydrogen-bond donors (Lipinski definition) is 1. The molecule has 1 atom stereocenters. The lowest BCUT2D eigenvalue weighted by atomic mass is 10.1. The van der Waals surface area contributed by atoms with Gasteiger partial charge in [0.05, 0.1) is 16.1 Å². The monoisotopic (exact) mass is 383 g/mol. The number of benzene rings is 2. The number of carbonyl (C=O) groups excluding carboxylic acids is 2. The van der Waals surface area contributed by atoms with Crippen LogP contribution in [0.15, 0.2) is 48.5 Å². The minimum absolute atomic E-state index is 0.0263. The highest BCUT2D eigenvalue weighted by Crippen LogP contribution is 2.27. The number of fused-ring (bicyclic) bond motifs is 1. The molecule has 1 aromatic heterocycles. The zero-order valence-electron chi connectivity index (χ0n) is 14.5. The first-order valence-electron chi connectivity index (χ1n) is 8.77. The van der Waals surface area contributed by atoms with Crippen LogP contribution in [0.2, 0.25) is 0 Å². The van der Waals surface area contributed by atoms with Crippen LogP contribution in [0.5, 0.6) is 0 Å². The highest BCUT2D eigenvalue weighted by molar-refractivity contribution is 7.22. The predicted octanol–water partition coefficient (Wildman–Crippen LogP) is 3.47. The van der Waals surface area contributed by atoms with Crippen LogP contribution in [-0.4, -0.2) is 34.8 Å². The van der Waals surface area contributed by atoms with E-state index in [0.717, 1.165) is 15.8 Å². The molecule has 0 spiro atoms. The molecule has 1 saturated heterocycles. The Kier molecular flexibility index (Phi) is 4.85. The largest absolute Gasteiger partial charge is 0.342 e. The lowest BCUT2D eigenvalue weighted by Gasteiger charge is -2.16. The van der Waals surface area contributed by atoms with E-state index < -0.39 is 0 Å². The number of nitrogens with one attached hydrogen (secondary N) is 1. The van der Waals surface area contributed by atoms with Crippen molar-refractivity contribution in [2.75, 3.05) is 18.4 Å². The SMILES string of the molecule is O=C(Nc1nc2ccccc2s1)[C@@H]1CC(=O)N(CCc2ccc(F)cc2)C1. The van der Waals surface area contributed by atoms with Crippen LogP contribution < -0.4 is 5.32 Å².